The van der Waals surface area contributed by atoms with Crippen molar-refractivity contribution in [3.05, 3.63) is 59.2 Å². The van der Waals surface area contributed by atoms with Gasteiger partial charge in [0.1, 0.15) is 11.4 Å². The van der Waals surface area contributed by atoms with E-state index in [-0.39, 0.29) is 23.0 Å². The predicted octanol–water partition coefficient (Wildman–Crippen LogP) is 4.32. The van der Waals surface area contributed by atoms with E-state index in [1.54, 1.807) is 6.07 Å². The molecule has 2 aromatic carbocycles. The lowest BCUT2D eigenvalue weighted by molar-refractivity contribution is -0.00509. The van der Waals surface area contributed by atoms with Gasteiger partial charge in [-0.05, 0) is 61.1 Å². The highest BCUT2D eigenvalue weighted by Gasteiger charge is 2.47. The summed E-state index contributed by atoms with van der Waals surface area (Å²) in [5.41, 5.74) is 3.72. The van der Waals surface area contributed by atoms with E-state index in [1.807, 2.05) is 28.0 Å². The Kier molecular flexibility index (Phi) is 5.48. The Labute approximate surface area is 205 Å². The number of carbonyl (C=O) groups is 2. The van der Waals surface area contributed by atoms with Crippen LogP contribution in [-0.4, -0.2) is 62.5 Å². The standard InChI is InChI=1S/C28H32N2O5/c1-33-25(31)21-6-7-24-20(18-21)8-9-28(35-24)10-14-29(15-11-28)26(32)30-19-27(12-16-34-17-13-27)22-4-2-3-5-23(22)30/h2-7,18H,8-17,19H2,1H3. The molecule has 0 bridgehead atoms. The lowest BCUT2D eigenvalue weighted by atomic mass is 9.76. The molecule has 4 heterocycles. The molecule has 2 aromatic rings. The maximum Gasteiger partial charge on any atom is 0.337 e. The molecule has 0 radical (unpaired) electrons. The van der Waals surface area contributed by atoms with Crippen LogP contribution in [0.3, 0.4) is 0 Å². The molecule has 4 aliphatic rings. The van der Waals surface area contributed by atoms with Crippen LogP contribution < -0.4 is 9.64 Å². The number of para-hydroxylation sites is 1. The summed E-state index contributed by atoms with van der Waals surface area (Å²) in [6.07, 6.45) is 5.29. The molecule has 2 fully saturated rings. The van der Waals surface area contributed by atoms with Gasteiger partial charge in [0.05, 0.1) is 12.7 Å². The van der Waals surface area contributed by atoms with Crippen molar-refractivity contribution in [3.8, 4) is 5.75 Å². The van der Waals surface area contributed by atoms with Crippen LogP contribution in [-0.2, 0) is 21.3 Å². The number of amides is 2. The van der Waals surface area contributed by atoms with Crippen molar-refractivity contribution in [1.29, 1.82) is 0 Å². The monoisotopic (exact) mass is 476 g/mol. The number of piperidine rings is 1. The largest absolute Gasteiger partial charge is 0.487 e. The summed E-state index contributed by atoms with van der Waals surface area (Å²) >= 11 is 0. The highest BCUT2D eigenvalue weighted by molar-refractivity contribution is 5.95. The fourth-order valence-electron chi connectivity index (χ4n) is 6.38. The van der Waals surface area contributed by atoms with Gasteiger partial charge in [0.2, 0.25) is 0 Å². The van der Waals surface area contributed by atoms with Crippen LogP contribution in [0.25, 0.3) is 0 Å². The molecule has 0 aliphatic carbocycles. The highest BCUT2D eigenvalue weighted by atomic mass is 16.5. The number of ether oxygens (including phenoxy) is 3. The number of nitrogens with zero attached hydrogens (tertiary/aromatic N) is 2. The number of carbonyl (C=O) groups excluding carboxylic acids is 2. The van der Waals surface area contributed by atoms with Gasteiger partial charge >= 0.3 is 12.0 Å². The SMILES string of the molecule is COC(=O)c1ccc2c(c1)CCC1(CCN(C(=O)N3CC4(CCOCC4)c4ccccc43)CC1)O2. The van der Waals surface area contributed by atoms with E-state index in [1.165, 1.54) is 12.7 Å². The summed E-state index contributed by atoms with van der Waals surface area (Å²) in [6.45, 7) is 3.61. The fourth-order valence-corrected chi connectivity index (χ4v) is 6.38. The van der Waals surface area contributed by atoms with Crippen molar-refractivity contribution >= 4 is 17.7 Å². The third kappa shape index (κ3) is 3.77. The minimum atomic E-state index is -0.328. The molecule has 0 atom stereocenters. The first-order valence-corrected chi connectivity index (χ1v) is 12.7. The highest BCUT2D eigenvalue weighted by Crippen LogP contribution is 2.47. The Bertz CT molecular complexity index is 1150. The number of hydrogen-bond donors (Lipinski definition) is 0. The first-order valence-electron chi connectivity index (χ1n) is 12.7. The zero-order chi connectivity index (χ0) is 24.0. The lowest BCUT2D eigenvalue weighted by Crippen LogP contribution is -2.54. The van der Waals surface area contributed by atoms with E-state index in [9.17, 15) is 9.59 Å². The quantitative estimate of drug-likeness (QED) is 0.574. The molecular weight excluding hydrogens is 444 g/mol. The zero-order valence-corrected chi connectivity index (χ0v) is 20.3. The topological polar surface area (TPSA) is 68.3 Å². The van der Waals surface area contributed by atoms with Crippen molar-refractivity contribution in [2.24, 2.45) is 0 Å². The van der Waals surface area contributed by atoms with E-state index >= 15 is 0 Å². The Balaban J connectivity index is 1.15. The third-order valence-corrected chi connectivity index (χ3v) is 8.51. The first-order chi connectivity index (χ1) is 17.0. The molecule has 7 nitrogen and oxygen atoms in total. The summed E-state index contributed by atoms with van der Waals surface area (Å²) in [5, 5.41) is 0. The average molecular weight is 477 g/mol. The summed E-state index contributed by atoms with van der Waals surface area (Å²) in [4.78, 5) is 29.6. The Morgan fingerprint density at radius 2 is 1.74 bits per heavy atom. The minimum Gasteiger partial charge on any atom is -0.487 e. The van der Waals surface area contributed by atoms with Gasteiger partial charge in [-0.2, -0.15) is 0 Å². The lowest BCUT2D eigenvalue weighted by Gasteiger charge is -2.45. The van der Waals surface area contributed by atoms with Gasteiger partial charge < -0.3 is 19.1 Å². The van der Waals surface area contributed by atoms with Crippen LogP contribution in [0.1, 0.15) is 53.6 Å². The molecule has 184 valence electrons. The molecule has 4 aliphatic heterocycles. The molecule has 35 heavy (non-hydrogen) atoms. The molecule has 0 unspecified atom stereocenters. The molecule has 6 rings (SSSR count). The Morgan fingerprint density at radius 1 is 0.971 bits per heavy atom. The van der Waals surface area contributed by atoms with Crippen molar-refractivity contribution in [1.82, 2.24) is 4.90 Å². The summed E-state index contributed by atoms with van der Waals surface area (Å²) in [5.74, 6) is 0.518. The number of urea groups is 1. The van der Waals surface area contributed by atoms with Crippen LogP contribution in [0, 0.1) is 0 Å². The van der Waals surface area contributed by atoms with E-state index in [0.717, 1.165) is 75.3 Å². The molecule has 2 amide bonds. The second kappa shape index (κ2) is 8.55. The molecule has 2 saturated heterocycles. The predicted molar refractivity (Wildman–Crippen MR) is 131 cm³/mol. The molecular formula is C28H32N2O5. The summed E-state index contributed by atoms with van der Waals surface area (Å²) < 4.78 is 17.0. The number of rotatable bonds is 1. The molecule has 2 spiro atoms. The van der Waals surface area contributed by atoms with Gasteiger partial charge in [0.15, 0.2) is 0 Å². The van der Waals surface area contributed by atoms with Gasteiger partial charge in [-0.25, -0.2) is 9.59 Å². The number of hydrogen-bond acceptors (Lipinski definition) is 5. The van der Waals surface area contributed by atoms with Crippen molar-refractivity contribution in [3.63, 3.8) is 0 Å². The third-order valence-electron chi connectivity index (χ3n) is 8.51. The van der Waals surface area contributed by atoms with Crippen LogP contribution in [0.4, 0.5) is 10.5 Å². The molecule has 0 N–H and O–H groups in total. The van der Waals surface area contributed by atoms with Gasteiger partial charge in [-0.15, -0.1) is 0 Å². The fraction of sp³-hybridized carbons (Fsp3) is 0.500. The minimum absolute atomic E-state index is 0.0146. The summed E-state index contributed by atoms with van der Waals surface area (Å²) in [7, 11) is 1.40. The van der Waals surface area contributed by atoms with Crippen molar-refractivity contribution < 1.29 is 23.8 Å². The normalized spacial score (nSPS) is 21.9. The Hall–Kier alpha value is -3.06. The average Bonchev–Trinajstić information content (AvgIpc) is 3.22. The molecule has 7 heteroatoms. The number of aryl methyl sites for hydroxylation is 1. The van der Waals surface area contributed by atoms with Gasteiger partial charge in [-0.1, -0.05) is 18.2 Å². The van der Waals surface area contributed by atoms with Gasteiger partial charge in [-0.3, -0.25) is 4.90 Å². The maximum absolute atomic E-state index is 13.7. The number of likely N-dealkylation sites (tertiary alicyclic amines) is 1. The van der Waals surface area contributed by atoms with Crippen LogP contribution in [0.5, 0.6) is 5.75 Å². The number of methoxy groups -OCH3 is 1. The maximum atomic E-state index is 13.7. The van der Waals surface area contributed by atoms with Gasteiger partial charge in [0.25, 0.3) is 0 Å². The van der Waals surface area contributed by atoms with Crippen LogP contribution in [0.2, 0.25) is 0 Å². The van der Waals surface area contributed by atoms with Crippen molar-refractivity contribution in [2.75, 3.05) is 44.9 Å². The van der Waals surface area contributed by atoms with E-state index < -0.39 is 0 Å². The van der Waals surface area contributed by atoms with E-state index in [4.69, 9.17) is 14.2 Å². The first kappa shape index (κ1) is 22.4. The number of benzene rings is 2. The number of esters is 1. The van der Waals surface area contributed by atoms with Crippen LogP contribution in [0.15, 0.2) is 42.5 Å². The smallest absolute Gasteiger partial charge is 0.337 e. The van der Waals surface area contributed by atoms with E-state index in [2.05, 4.69) is 18.2 Å². The number of fused-ring (bicyclic) bond motifs is 3. The van der Waals surface area contributed by atoms with Gasteiger partial charge in [0, 0.05) is 56.8 Å². The summed E-state index contributed by atoms with van der Waals surface area (Å²) in [6, 6.07) is 14.0. The Morgan fingerprint density at radius 3 is 2.51 bits per heavy atom. The number of anilines is 1. The van der Waals surface area contributed by atoms with Crippen molar-refractivity contribution in [2.45, 2.75) is 49.5 Å². The van der Waals surface area contributed by atoms with E-state index in [0.29, 0.717) is 18.7 Å². The molecule has 0 saturated carbocycles. The molecule has 0 aromatic heterocycles. The second-order valence-corrected chi connectivity index (χ2v) is 10.4. The van der Waals surface area contributed by atoms with Crippen LogP contribution >= 0.6 is 0 Å². The zero-order valence-electron chi connectivity index (χ0n) is 20.3. The second-order valence-electron chi connectivity index (χ2n) is 10.4.